The van der Waals surface area contributed by atoms with Gasteiger partial charge in [-0.25, -0.2) is 4.79 Å². The Morgan fingerprint density at radius 3 is 2.67 bits per heavy atom. The fourth-order valence-corrected chi connectivity index (χ4v) is 1.08. The average Bonchev–Trinajstić information content (AvgIpc) is 2.04. The van der Waals surface area contributed by atoms with Gasteiger partial charge in [0, 0.05) is 5.02 Å². The van der Waals surface area contributed by atoms with E-state index < -0.39 is 5.97 Å². The Morgan fingerprint density at radius 2 is 2.25 bits per heavy atom. The molecule has 1 N–H and O–H groups in total. The molecular weight excluding hydrogens is 176 g/mol. The molecule has 1 aromatic carbocycles. The van der Waals surface area contributed by atoms with Crippen molar-refractivity contribution in [3.8, 4) is 0 Å². The first kappa shape index (κ1) is 8.81. The second-order valence-corrected chi connectivity index (χ2v) is 2.65. The molecule has 0 unspecified atom stereocenters. The first-order valence-corrected chi connectivity index (χ1v) is 3.68. The smallest absolute Gasteiger partial charge is 0.335 e. The Labute approximate surface area is 75.1 Å². The minimum Gasteiger partial charge on any atom is -0.478 e. The lowest BCUT2D eigenvalue weighted by atomic mass is 10.1. The highest BCUT2D eigenvalue weighted by atomic mass is 35.5. The molecule has 2 nitrogen and oxygen atoms in total. The summed E-state index contributed by atoms with van der Waals surface area (Å²) in [6.07, 6.45) is 1.58. The summed E-state index contributed by atoms with van der Waals surface area (Å²) in [6.45, 7) is 3.53. The van der Waals surface area contributed by atoms with E-state index in [9.17, 15) is 4.79 Å². The molecule has 0 heterocycles. The molecule has 0 radical (unpaired) electrons. The summed E-state index contributed by atoms with van der Waals surface area (Å²) in [7, 11) is 0. The zero-order chi connectivity index (χ0) is 9.14. The summed E-state index contributed by atoms with van der Waals surface area (Å²) in [5.74, 6) is -0.979. The van der Waals surface area contributed by atoms with Crippen LogP contribution in [0.25, 0.3) is 6.08 Å². The summed E-state index contributed by atoms with van der Waals surface area (Å²) in [5.41, 5.74) is 0.923. The Hall–Kier alpha value is -1.28. The minimum atomic E-state index is -0.979. The highest BCUT2D eigenvalue weighted by molar-refractivity contribution is 6.32. The second kappa shape index (κ2) is 3.41. The normalized spacial score (nSPS) is 9.42. The summed E-state index contributed by atoms with van der Waals surface area (Å²) in [5, 5.41) is 9.00. The monoisotopic (exact) mass is 182 g/mol. The van der Waals surface area contributed by atoms with Gasteiger partial charge in [-0.2, -0.15) is 0 Å². The molecule has 0 amide bonds. The van der Waals surface area contributed by atoms with Crippen LogP contribution in [0.5, 0.6) is 0 Å². The third-order valence-electron chi connectivity index (χ3n) is 1.47. The van der Waals surface area contributed by atoms with E-state index in [0.29, 0.717) is 5.02 Å². The third kappa shape index (κ3) is 1.66. The lowest BCUT2D eigenvalue weighted by Crippen LogP contribution is -1.95. The summed E-state index contributed by atoms with van der Waals surface area (Å²) in [4.78, 5) is 10.5. The van der Waals surface area contributed by atoms with E-state index in [2.05, 4.69) is 6.58 Å². The zero-order valence-electron chi connectivity index (χ0n) is 6.25. The Kier molecular flexibility index (Phi) is 2.51. The standard InChI is InChI=1S/C9H7ClO2/c1-2-6-3-4-7(9(11)12)5-8(6)10/h2-5H,1H2,(H,11,12). The Bertz CT molecular complexity index is 331. The quantitative estimate of drug-likeness (QED) is 0.764. The molecule has 0 aliphatic carbocycles. The van der Waals surface area contributed by atoms with Crippen LogP contribution in [0.2, 0.25) is 5.02 Å². The lowest BCUT2D eigenvalue weighted by Gasteiger charge is -1.98. The molecule has 0 aliphatic rings. The molecule has 0 aliphatic heterocycles. The van der Waals surface area contributed by atoms with Crippen molar-refractivity contribution in [3.05, 3.63) is 40.9 Å². The van der Waals surface area contributed by atoms with E-state index in [-0.39, 0.29) is 5.56 Å². The van der Waals surface area contributed by atoms with Crippen LogP contribution < -0.4 is 0 Å². The van der Waals surface area contributed by atoms with Crippen LogP contribution >= 0.6 is 11.6 Å². The van der Waals surface area contributed by atoms with Gasteiger partial charge in [-0.1, -0.05) is 30.3 Å². The maximum Gasteiger partial charge on any atom is 0.335 e. The van der Waals surface area contributed by atoms with Crippen LogP contribution in [-0.4, -0.2) is 11.1 Å². The van der Waals surface area contributed by atoms with Gasteiger partial charge in [-0.05, 0) is 17.7 Å². The summed E-state index contributed by atoms with van der Waals surface area (Å²) in [6, 6.07) is 4.52. The van der Waals surface area contributed by atoms with E-state index in [1.165, 1.54) is 12.1 Å². The number of hydrogen-bond acceptors (Lipinski definition) is 1. The maximum atomic E-state index is 10.5. The van der Waals surface area contributed by atoms with Crippen molar-refractivity contribution in [3.63, 3.8) is 0 Å². The van der Waals surface area contributed by atoms with Crippen molar-refractivity contribution in [1.82, 2.24) is 0 Å². The fourth-order valence-electron chi connectivity index (χ4n) is 0.826. The topological polar surface area (TPSA) is 37.3 Å². The second-order valence-electron chi connectivity index (χ2n) is 2.25. The SMILES string of the molecule is C=Cc1ccc(C(=O)O)cc1Cl. The van der Waals surface area contributed by atoms with E-state index in [0.717, 1.165) is 5.56 Å². The predicted octanol–water partition coefficient (Wildman–Crippen LogP) is 2.68. The van der Waals surface area contributed by atoms with E-state index >= 15 is 0 Å². The molecule has 12 heavy (non-hydrogen) atoms. The van der Waals surface area contributed by atoms with Gasteiger partial charge in [0.1, 0.15) is 0 Å². The van der Waals surface area contributed by atoms with Crippen molar-refractivity contribution in [2.75, 3.05) is 0 Å². The fraction of sp³-hybridized carbons (Fsp3) is 0. The van der Waals surface area contributed by atoms with Crippen molar-refractivity contribution in [2.45, 2.75) is 0 Å². The van der Waals surface area contributed by atoms with Crippen molar-refractivity contribution >= 4 is 23.6 Å². The Morgan fingerprint density at radius 1 is 1.58 bits per heavy atom. The molecule has 0 spiro atoms. The van der Waals surface area contributed by atoms with Crippen molar-refractivity contribution < 1.29 is 9.90 Å². The summed E-state index contributed by atoms with van der Waals surface area (Å²) < 4.78 is 0. The van der Waals surface area contributed by atoms with Gasteiger partial charge in [0.2, 0.25) is 0 Å². The van der Waals surface area contributed by atoms with E-state index in [1.807, 2.05) is 0 Å². The molecule has 0 atom stereocenters. The largest absolute Gasteiger partial charge is 0.478 e. The van der Waals surface area contributed by atoms with Crippen LogP contribution in [0.4, 0.5) is 0 Å². The van der Waals surface area contributed by atoms with Gasteiger partial charge in [0.25, 0.3) is 0 Å². The molecule has 0 saturated carbocycles. The molecule has 0 fully saturated rings. The van der Waals surface area contributed by atoms with Crippen LogP contribution in [0, 0.1) is 0 Å². The van der Waals surface area contributed by atoms with Crippen LogP contribution in [0.1, 0.15) is 15.9 Å². The van der Waals surface area contributed by atoms with E-state index in [4.69, 9.17) is 16.7 Å². The van der Waals surface area contributed by atoms with E-state index in [1.54, 1.807) is 12.1 Å². The summed E-state index contributed by atoms with van der Waals surface area (Å²) >= 11 is 5.74. The van der Waals surface area contributed by atoms with Crippen molar-refractivity contribution in [2.24, 2.45) is 0 Å². The lowest BCUT2D eigenvalue weighted by molar-refractivity contribution is 0.0697. The molecule has 0 saturated heterocycles. The number of halogens is 1. The van der Waals surface area contributed by atoms with Gasteiger partial charge < -0.3 is 5.11 Å². The first-order chi connectivity index (χ1) is 5.65. The highest BCUT2D eigenvalue weighted by Gasteiger charge is 2.04. The number of rotatable bonds is 2. The van der Waals surface area contributed by atoms with Crippen LogP contribution in [-0.2, 0) is 0 Å². The molecular formula is C9H7ClO2. The van der Waals surface area contributed by atoms with Gasteiger partial charge in [0.05, 0.1) is 5.56 Å². The average molecular weight is 183 g/mol. The third-order valence-corrected chi connectivity index (χ3v) is 1.79. The predicted molar refractivity (Wildman–Crippen MR) is 48.5 cm³/mol. The number of carboxylic acids is 1. The highest BCUT2D eigenvalue weighted by Crippen LogP contribution is 2.18. The van der Waals surface area contributed by atoms with Gasteiger partial charge in [-0.15, -0.1) is 0 Å². The molecule has 0 aromatic heterocycles. The molecule has 1 rings (SSSR count). The number of benzene rings is 1. The number of carbonyl (C=O) groups is 1. The number of carboxylic acid groups (broad SMARTS) is 1. The van der Waals surface area contributed by atoms with Crippen LogP contribution in [0.3, 0.4) is 0 Å². The zero-order valence-corrected chi connectivity index (χ0v) is 7.01. The van der Waals surface area contributed by atoms with Gasteiger partial charge >= 0.3 is 5.97 Å². The van der Waals surface area contributed by atoms with Gasteiger partial charge in [0.15, 0.2) is 0 Å². The number of hydrogen-bond donors (Lipinski definition) is 1. The molecule has 3 heteroatoms. The van der Waals surface area contributed by atoms with Gasteiger partial charge in [-0.3, -0.25) is 0 Å². The Balaban J connectivity index is 3.18. The van der Waals surface area contributed by atoms with Crippen molar-refractivity contribution in [1.29, 1.82) is 0 Å². The minimum absolute atomic E-state index is 0.186. The molecule has 0 bridgehead atoms. The number of aromatic carboxylic acids is 1. The first-order valence-electron chi connectivity index (χ1n) is 3.30. The van der Waals surface area contributed by atoms with Crippen LogP contribution in [0.15, 0.2) is 24.8 Å². The molecule has 62 valence electrons. The molecule has 1 aromatic rings. The maximum absolute atomic E-state index is 10.5.